The SMILES string of the molecule is CN1CCc2c(c3ccccc3n2CCO)C1. The van der Waals surface area contributed by atoms with Crippen LogP contribution in [0, 0.1) is 0 Å². The minimum atomic E-state index is 0.209. The molecule has 1 aromatic carbocycles. The van der Waals surface area contributed by atoms with E-state index in [1.807, 2.05) is 0 Å². The Morgan fingerprint density at radius 2 is 2.12 bits per heavy atom. The van der Waals surface area contributed by atoms with Gasteiger partial charge in [0.15, 0.2) is 0 Å². The predicted octanol–water partition coefficient (Wildman–Crippen LogP) is 1.62. The Hall–Kier alpha value is -1.32. The van der Waals surface area contributed by atoms with Crippen LogP contribution in [0.15, 0.2) is 24.3 Å². The second-order valence-electron chi connectivity index (χ2n) is 4.81. The van der Waals surface area contributed by atoms with Gasteiger partial charge in [0.25, 0.3) is 0 Å². The number of benzene rings is 1. The van der Waals surface area contributed by atoms with Crippen molar-refractivity contribution in [1.82, 2.24) is 9.47 Å². The summed E-state index contributed by atoms with van der Waals surface area (Å²) in [6.45, 7) is 3.05. The summed E-state index contributed by atoms with van der Waals surface area (Å²) in [4.78, 5) is 2.36. The summed E-state index contributed by atoms with van der Waals surface area (Å²) in [7, 11) is 2.17. The van der Waals surface area contributed by atoms with Crippen LogP contribution in [0.3, 0.4) is 0 Å². The third-order valence-corrected chi connectivity index (χ3v) is 3.68. The molecule has 90 valence electrons. The van der Waals surface area contributed by atoms with E-state index in [0.717, 1.165) is 19.5 Å². The molecule has 0 amide bonds. The van der Waals surface area contributed by atoms with E-state index in [9.17, 15) is 5.11 Å². The van der Waals surface area contributed by atoms with E-state index in [1.165, 1.54) is 22.2 Å². The second kappa shape index (κ2) is 4.17. The Morgan fingerprint density at radius 1 is 1.29 bits per heavy atom. The van der Waals surface area contributed by atoms with Gasteiger partial charge in [0.1, 0.15) is 0 Å². The number of hydrogen-bond acceptors (Lipinski definition) is 2. The van der Waals surface area contributed by atoms with Crippen molar-refractivity contribution < 1.29 is 5.11 Å². The molecule has 3 rings (SSSR count). The molecule has 0 unspecified atom stereocenters. The van der Waals surface area contributed by atoms with Crippen LogP contribution in [0.25, 0.3) is 10.9 Å². The predicted molar refractivity (Wildman–Crippen MR) is 69.1 cm³/mol. The van der Waals surface area contributed by atoms with Gasteiger partial charge in [-0.2, -0.15) is 0 Å². The van der Waals surface area contributed by atoms with E-state index in [0.29, 0.717) is 6.54 Å². The van der Waals surface area contributed by atoms with E-state index in [2.05, 4.69) is 40.8 Å². The Morgan fingerprint density at radius 3 is 2.94 bits per heavy atom. The molecule has 0 saturated carbocycles. The first-order valence-corrected chi connectivity index (χ1v) is 6.19. The molecule has 3 heteroatoms. The highest BCUT2D eigenvalue weighted by Crippen LogP contribution is 2.30. The Labute approximate surface area is 101 Å². The normalized spacial score (nSPS) is 16.4. The van der Waals surface area contributed by atoms with E-state index < -0.39 is 0 Å². The largest absolute Gasteiger partial charge is 0.395 e. The number of likely N-dealkylation sites (N-methyl/N-ethyl adjacent to an activating group) is 1. The van der Waals surface area contributed by atoms with Crippen LogP contribution in [-0.4, -0.2) is 34.8 Å². The molecule has 1 N–H and O–H groups in total. The van der Waals surface area contributed by atoms with Crippen molar-refractivity contribution in [3.63, 3.8) is 0 Å². The van der Waals surface area contributed by atoms with Crippen LogP contribution in [0.1, 0.15) is 11.3 Å². The zero-order valence-electron chi connectivity index (χ0n) is 10.2. The van der Waals surface area contributed by atoms with Crippen molar-refractivity contribution in [2.24, 2.45) is 0 Å². The lowest BCUT2D eigenvalue weighted by Gasteiger charge is -2.24. The first-order valence-electron chi connectivity index (χ1n) is 6.19. The molecule has 1 aliphatic heterocycles. The molecule has 0 radical (unpaired) electrons. The number of aromatic nitrogens is 1. The standard InChI is InChI=1S/C14H18N2O/c1-15-7-6-14-12(10-15)11-4-2-3-5-13(11)16(14)8-9-17/h2-5,17H,6-10H2,1H3. The average Bonchev–Trinajstić information content (AvgIpc) is 2.65. The summed E-state index contributed by atoms with van der Waals surface area (Å²) < 4.78 is 2.29. The quantitative estimate of drug-likeness (QED) is 0.849. The van der Waals surface area contributed by atoms with Crippen molar-refractivity contribution in [2.45, 2.75) is 19.5 Å². The number of aliphatic hydroxyl groups excluding tert-OH is 1. The fraction of sp³-hybridized carbons (Fsp3) is 0.429. The molecule has 0 bridgehead atoms. The number of aliphatic hydroxyl groups is 1. The summed E-state index contributed by atoms with van der Waals surface area (Å²) >= 11 is 0. The maximum Gasteiger partial charge on any atom is 0.0610 e. The van der Waals surface area contributed by atoms with Crippen LogP contribution in [-0.2, 0) is 19.5 Å². The van der Waals surface area contributed by atoms with E-state index >= 15 is 0 Å². The summed E-state index contributed by atoms with van der Waals surface area (Å²) in [5.41, 5.74) is 4.13. The van der Waals surface area contributed by atoms with Crippen LogP contribution in [0.4, 0.5) is 0 Å². The van der Waals surface area contributed by atoms with E-state index in [1.54, 1.807) is 0 Å². The van der Waals surface area contributed by atoms with Crippen LogP contribution >= 0.6 is 0 Å². The van der Waals surface area contributed by atoms with Crippen LogP contribution in [0.5, 0.6) is 0 Å². The van der Waals surface area contributed by atoms with Gasteiger partial charge in [-0.25, -0.2) is 0 Å². The first kappa shape index (κ1) is 10.8. The summed E-state index contributed by atoms with van der Waals surface area (Å²) in [6, 6.07) is 8.52. The van der Waals surface area contributed by atoms with Crippen LogP contribution < -0.4 is 0 Å². The first-order chi connectivity index (χ1) is 8.31. The number of hydrogen-bond donors (Lipinski definition) is 1. The topological polar surface area (TPSA) is 28.4 Å². The third kappa shape index (κ3) is 1.66. The van der Waals surface area contributed by atoms with E-state index in [-0.39, 0.29) is 6.61 Å². The molecular weight excluding hydrogens is 212 g/mol. The van der Waals surface area contributed by atoms with Gasteiger partial charge in [-0.1, -0.05) is 18.2 Å². The van der Waals surface area contributed by atoms with Gasteiger partial charge in [0.2, 0.25) is 0 Å². The highest BCUT2D eigenvalue weighted by molar-refractivity contribution is 5.85. The lowest BCUT2D eigenvalue weighted by molar-refractivity contribution is 0.270. The van der Waals surface area contributed by atoms with Gasteiger partial charge >= 0.3 is 0 Å². The van der Waals surface area contributed by atoms with Crippen LogP contribution in [0.2, 0.25) is 0 Å². The molecule has 2 heterocycles. The van der Waals surface area contributed by atoms with Gasteiger partial charge < -0.3 is 14.6 Å². The highest BCUT2D eigenvalue weighted by Gasteiger charge is 2.21. The molecule has 0 atom stereocenters. The Balaban J connectivity index is 2.24. The lowest BCUT2D eigenvalue weighted by atomic mass is 10.1. The van der Waals surface area contributed by atoms with Gasteiger partial charge in [-0.15, -0.1) is 0 Å². The zero-order valence-corrected chi connectivity index (χ0v) is 10.2. The molecule has 0 fully saturated rings. The Bertz CT molecular complexity index is 511. The zero-order chi connectivity index (χ0) is 11.8. The van der Waals surface area contributed by atoms with Gasteiger partial charge in [0, 0.05) is 42.7 Å². The molecule has 0 aliphatic carbocycles. The molecular formula is C14H18N2O. The van der Waals surface area contributed by atoms with Gasteiger partial charge in [0.05, 0.1) is 6.61 Å². The number of nitrogens with zero attached hydrogens (tertiary/aromatic N) is 2. The maximum atomic E-state index is 9.22. The van der Waals surface area contributed by atoms with Gasteiger partial charge in [-0.05, 0) is 18.7 Å². The molecule has 17 heavy (non-hydrogen) atoms. The molecule has 0 saturated heterocycles. The molecule has 3 nitrogen and oxygen atoms in total. The summed E-state index contributed by atoms with van der Waals surface area (Å²) in [6.07, 6.45) is 1.08. The number of fused-ring (bicyclic) bond motifs is 3. The minimum Gasteiger partial charge on any atom is -0.395 e. The molecule has 2 aromatic rings. The van der Waals surface area contributed by atoms with E-state index in [4.69, 9.17) is 0 Å². The summed E-state index contributed by atoms with van der Waals surface area (Å²) in [5, 5.41) is 10.6. The van der Waals surface area contributed by atoms with Crippen molar-refractivity contribution in [3.05, 3.63) is 35.5 Å². The number of rotatable bonds is 2. The third-order valence-electron chi connectivity index (χ3n) is 3.68. The van der Waals surface area contributed by atoms with Crippen molar-refractivity contribution in [1.29, 1.82) is 0 Å². The highest BCUT2D eigenvalue weighted by atomic mass is 16.3. The second-order valence-corrected chi connectivity index (χ2v) is 4.81. The lowest BCUT2D eigenvalue weighted by Crippen LogP contribution is -2.27. The maximum absolute atomic E-state index is 9.22. The monoisotopic (exact) mass is 230 g/mol. The van der Waals surface area contributed by atoms with Crippen molar-refractivity contribution in [3.8, 4) is 0 Å². The summed E-state index contributed by atoms with van der Waals surface area (Å²) in [5.74, 6) is 0. The number of para-hydroxylation sites is 1. The average molecular weight is 230 g/mol. The molecule has 0 spiro atoms. The minimum absolute atomic E-state index is 0.209. The van der Waals surface area contributed by atoms with Crippen molar-refractivity contribution >= 4 is 10.9 Å². The Kier molecular flexibility index (Phi) is 2.65. The van der Waals surface area contributed by atoms with Gasteiger partial charge in [-0.3, -0.25) is 0 Å². The molecule has 1 aliphatic rings. The fourth-order valence-corrected chi connectivity index (χ4v) is 2.89. The fourth-order valence-electron chi connectivity index (χ4n) is 2.89. The smallest absolute Gasteiger partial charge is 0.0610 e. The molecule has 1 aromatic heterocycles. The van der Waals surface area contributed by atoms with Crippen molar-refractivity contribution in [2.75, 3.05) is 20.2 Å².